The Morgan fingerprint density at radius 1 is 1.33 bits per heavy atom. The third kappa shape index (κ3) is 5.30. The predicted octanol–water partition coefficient (Wildman–Crippen LogP) is 2.37. The van der Waals surface area contributed by atoms with Gasteiger partial charge in [0.25, 0.3) is 0 Å². The molecule has 184 valence electrons. The Kier molecular flexibility index (Phi) is 6.67. The van der Waals surface area contributed by atoms with Gasteiger partial charge in [-0.1, -0.05) is 0 Å². The number of carbonyl (C=O) groups is 1. The maximum absolute atomic E-state index is 13.2. The van der Waals surface area contributed by atoms with E-state index in [2.05, 4.69) is 14.7 Å². The lowest BCUT2D eigenvalue weighted by Gasteiger charge is -2.33. The largest absolute Gasteiger partial charge is 0.447 e. The number of hydrogen-bond acceptors (Lipinski definition) is 7. The van der Waals surface area contributed by atoms with Gasteiger partial charge >= 0.3 is 6.09 Å². The molecule has 4 rings (SSSR count). The highest BCUT2D eigenvalue weighted by molar-refractivity contribution is 7.88. The molecule has 9 nitrogen and oxygen atoms in total. The maximum atomic E-state index is 13.2. The normalized spacial score (nSPS) is 33.8. The van der Waals surface area contributed by atoms with Crippen LogP contribution < -0.4 is 4.72 Å². The molecule has 3 aliphatic rings. The topological polar surface area (TPSA) is 111 Å². The van der Waals surface area contributed by atoms with Gasteiger partial charge in [-0.15, -0.1) is 0 Å². The molecule has 0 aromatic carbocycles. The van der Waals surface area contributed by atoms with Crippen LogP contribution in [-0.2, 0) is 24.9 Å². The van der Waals surface area contributed by atoms with Crippen LogP contribution in [0.4, 0.5) is 9.18 Å². The Balaban J connectivity index is 1.40. The first-order chi connectivity index (χ1) is 15.5. The first-order valence-corrected chi connectivity index (χ1v) is 13.4. The summed E-state index contributed by atoms with van der Waals surface area (Å²) < 4.78 is 51.4. The Morgan fingerprint density at radius 3 is 2.64 bits per heavy atom. The van der Waals surface area contributed by atoms with Gasteiger partial charge in [0.1, 0.15) is 5.82 Å². The van der Waals surface area contributed by atoms with Crippen molar-refractivity contribution in [2.24, 2.45) is 5.92 Å². The summed E-state index contributed by atoms with van der Waals surface area (Å²) in [5.74, 6) is 0.654. The Bertz CT molecular complexity index is 976. The average molecular weight is 485 g/mol. The second kappa shape index (κ2) is 9.07. The van der Waals surface area contributed by atoms with E-state index in [0.717, 1.165) is 31.9 Å². The molecule has 1 saturated heterocycles. The number of nitrogens with one attached hydrogen (secondary N) is 1. The second-order valence-corrected chi connectivity index (χ2v) is 11.8. The van der Waals surface area contributed by atoms with Gasteiger partial charge < -0.3 is 9.47 Å². The number of carbonyl (C=O) groups excluding carboxylic acids is 1. The summed E-state index contributed by atoms with van der Waals surface area (Å²) in [7, 11) is -3.45. The molecule has 2 heterocycles. The van der Waals surface area contributed by atoms with Crippen LogP contribution in [0.2, 0.25) is 0 Å². The fourth-order valence-electron chi connectivity index (χ4n) is 5.53. The third-order valence-corrected chi connectivity index (χ3v) is 7.80. The molecule has 1 N–H and O–H groups in total. The number of fused-ring (bicyclic) bond motifs is 1. The summed E-state index contributed by atoms with van der Waals surface area (Å²) >= 11 is 0. The molecule has 1 amide bonds. The van der Waals surface area contributed by atoms with Crippen LogP contribution in [0, 0.1) is 11.7 Å². The van der Waals surface area contributed by atoms with E-state index in [0.29, 0.717) is 18.2 Å². The monoisotopic (exact) mass is 484 g/mol. The van der Waals surface area contributed by atoms with E-state index < -0.39 is 34.0 Å². The minimum Gasteiger partial charge on any atom is -0.447 e. The van der Waals surface area contributed by atoms with Crippen LogP contribution in [-0.4, -0.2) is 72.6 Å². The lowest BCUT2D eigenvalue weighted by atomic mass is 9.86. The zero-order valence-corrected chi connectivity index (χ0v) is 20.3. The summed E-state index contributed by atoms with van der Waals surface area (Å²) in [5.41, 5.74) is -0.0804. The van der Waals surface area contributed by atoms with Gasteiger partial charge in [0, 0.05) is 17.5 Å². The molecule has 0 radical (unpaired) electrons. The minimum atomic E-state index is -3.45. The molecule has 0 bridgehead atoms. The van der Waals surface area contributed by atoms with Gasteiger partial charge in [0.2, 0.25) is 10.0 Å². The fourth-order valence-corrected chi connectivity index (χ4v) is 6.33. The van der Waals surface area contributed by atoms with Crippen LogP contribution in [0.5, 0.6) is 0 Å². The molecule has 0 spiro atoms. The molecular formula is C22H33FN4O5S. The standard InChI is InChI=1S/C22H33FN4O5S/c1-13(2)32-21(28)27-14(3)7-18(26-33(4,29)30)19(27)12-31-17-5-6-22(9-15(22)8-17)20-24-10-16(23)11-25-20/h10-11,13-15,17-19,26H,5-9,12H2,1-4H3/t14-,15?,17?,18+,19+,22?/m1/s1. The maximum Gasteiger partial charge on any atom is 0.410 e. The van der Waals surface area contributed by atoms with Crippen molar-refractivity contribution in [3.8, 4) is 0 Å². The van der Waals surface area contributed by atoms with Gasteiger partial charge in [0.15, 0.2) is 5.82 Å². The Hall–Kier alpha value is -1.85. The summed E-state index contributed by atoms with van der Waals surface area (Å²) in [6.07, 6.45) is 6.79. The van der Waals surface area contributed by atoms with E-state index in [4.69, 9.17) is 9.47 Å². The van der Waals surface area contributed by atoms with E-state index in [-0.39, 0.29) is 30.3 Å². The number of ether oxygens (including phenoxy) is 2. The van der Waals surface area contributed by atoms with E-state index in [1.54, 1.807) is 18.7 Å². The molecule has 2 aliphatic carbocycles. The molecule has 1 aromatic heterocycles. The first-order valence-electron chi connectivity index (χ1n) is 11.5. The van der Waals surface area contributed by atoms with Crippen LogP contribution in [0.1, 0.15) is 58.7 Å². The zero-order valence-electron chi connectivity index (χ0n) is 19.5. The summed E-state index contributed by atoms with van der Waals surface area (Å²) in [5, 5.41) is 0. The predicted molar refractivity (Wildman–Crippen MR) is 118 cm³/mol. The highest BCUT2D eigenvalue weighted by Crippen LogP contribution is 2.61. The molecular weight excluding hydrogens is 451 g/mol. The number of aromatic nitrogens is 2. The minimum absolute atomic E-state index is 0.00355. The molecule has 3 fully saturated rings. The van der Waals surface area contributed by atoms with Gasteiger partial charge in [-0.3, -0.25) is 4.90 Å². The smallest absolute Gasteiger partial charge is 0.410 e. The van der Waals surface area contributed by atoms with Gasteiger partial charge in [0.05, 0.1) is 43.5 Å². The number of rotatable bonds is 7. The van der Waals surface area contributed by atoms with Crippen LogP contribution in [0.25, 0.3) is 0 Å². The molecule has 2 saturated carbocycles. The molecule has 1 aromatic rings. The van der Waals surface area contributed by atoms with Gasteiger partial charge in [-0.25, -0.2) is 32.3 Å². The number of hydrogen-bond donors (Lipinski definition) is 1. The van der Waals surface area contributed by atoms with Crippen molar-refractivity contribution in [1.29, 1.82) is 0 Å². The highest BCUT2D eigenvalue weighted by atomic mass is 32.2. The summed E-state index contributed by atoms with van der Waals surface area (Å²) in [4.78, 5) is 22.8. The highest BCUT2D eigenvalue weighted by Gasteiger charge is 2.60. The van der Waals surface area contributed by atoms with Crippen molar-refractivity contribution < 1.29 is 27.1 Å². The third-order valence-electron chi connectivity index (χ3n) is 7.06. The number of halogens is 1. The molecule has 6 atom stereocenters. The van der Waals surface area contributed by atoms with E-state index in [9.17, 15) is 17.6 Å². The molecule has 11 heteroatoms. The van der Waals surface area contributed by atoms with E-state index in [1.807, 2.05) is 6.92 Å². The second-order valence-electron chi connectivity index (χ2n) is 10.0. The van der Waals surface area contributed by atoms with Crippen molar-refractivity contribution in [3.05, 3.63) is 24.0 Å². The van der Waals surface area contributed by atoms with Crippen molar-refractivity contribution in [2.75, 3.05) is 12.9 Å². The quantitative estimate of drug-likeness (QED) is 0.633. The fraction of sp³-hybridized carbons (Fsp3) is 0.773. The van der Waals surface area contributed by atoms with Crippen LogP contribution in [0.15, 0.2) is 12.4 Å². The average Bonchev–Trinajstić information content (AvgIpc) is 3.36. The van der Waals surface area contributed by atoms with Crippen molar-refractivity contribution in [3.63, 3.8) is 0 Å². The number of sulfonamides is 1. The lowest BCUT2D eigenvalue weighted by Crippen LogP contribution is -2.50. The first kappa shape index (κ1) is 24.3. The van der Waals surface area contributed by atoms with E-state index >= 15 is 0 Å². The summed E-state index contributed by atoms with van der Waals surface area (Å²) in [6, 6.07) is -1.07. The van der Waals surface area contributed by atoms with Crippen LogP contribution >= 0.6 is 0 Å². The Labute approximate surface area is 194 Å². The molecule has 3 unspecified atom stereocenters. The van der Waals surface area contributed by atoms with E-state index in [1.165, 1.54) is 12.4 Å². The van der Waals surface area contributed by atoms with Gasteiger partial charge in [-0.2, -0.15) is 0 Å². The van der Waals surface area contributed by atoms with Crippen LogP contribution in [0.3, 0.4) is 0 Å². The number of nitrogens with zero attached hydrogens (tertiary/aromatic N) is 3. The summed E-state index contributed by atoms with van der Waals surface area (Å²) in [6.45, 7) is 5.68. The SMILES string of the molecule is CC(C)OC(=O)N1[C@H](C)C[C@H](NS(C)(=O)=O)[C@@H]1COC1CCC2(c3ncc(F)cn3)CC2C1. The van der Waals surface area contributed by atoms with Gasteiger partial charge in [-0.05, 0) is 58.8 Å². The lowest BCUT2D eigenvalue weighted by molar-refractivity contribution is -0.0147. The van der Waals surface area contributed by atoms with Crippen molar-refractivity contribution in [2.45, 2.75) is 88.6 Å². The number of likely N-dealkylation sites (tertiary alicyclic amines) is 1. The van der Waals surface area contributed by atoms with Crippen molar-refractivity contribution in [1.82, 2.24) is 19.6 Å². The molecule has 33 heavy (non-hydrogen) atoms. The number of amides is 1. The molecule has 1 aliphatic heterocycles. The zero-order chi connectivity index (χ0) is 24.0. The Morgan fingerprint density at radius 2 is 2.03 bits per heavy atom. The van der Waals surface area contributed by atoms with Crippen molar-refractivity contribution >= 4 is 16.1 Å².